The third kappa shape index (κ3) is 2.48. The van der Waals surface area contributed by atoms with Gasteiger partial charge in [-0.25, -0.2) is 5.90 Å². The molecule has 0 radical (unpaired) electrons. The molecule has 4 nitrogen and oxygen atoms in total. The first-order chi connectivity index (χ1) is 7.79. The normalized spacial score (nSPS) is 12.6. The zero-order chi connectivity index (χ0) is 11.4. The zero-order valence-corrected chi connectivity index (χ0v) is 9.21. The van der Waals surface area contributed by atoms with Crippen molar-refractivity contribution in [1.82, 2.24) is 9.78 Å². The van der Waals surface area contributed by atoms with Crippen LogP contribution in [0.3, 0.4) is 0 Å². The van der Waals surface area contributed by atoms with Gasteiger partial charge < -0.3 is 0 Å². The molecule has 16 heavy (non-hydrogen) atoms. The van der Waals surface area contributed by atoms with Crippen LogP contribution < -0.4 is 5.90 Å². The highest BCUT2D eigenvalue weighted by molar-refractivity contribution is 5.16. The Morgan fingerprint density at radius 1 is 1.38 bits per heavy atom. The lowest BCUT2D eigenvalue weighted by Gasteiger charge is -2.04. The fourth-order valence-electron chi connectivity index (χ4n) is 1.53. The summed E-state index contributed by atoms with van der Waals surface area (Å²) in [6, 6.07) is 10.2. The largest absolute Gasteiger partial charge is 0.297 e. The first-order valence-electron chi connectivity index (χ1n) is 5.21. The molecule has 1 atom stereocenters. The maximum atomic E-state index is 5.13. The van der Waals surface area contributed by atoms with E-state index in [0.717, 1.165) is 12.1 Å². The van der Waals surface area contributed by atoms with Crippen LogP contribution in [0.5, 0.6) is 0 Å². The Labute approximate surface area is 94.6 Å². The van der Waals surface area contributed by atoms with Crippen molar-refractivity contribution in [2.24, 2.45) is 5.90 Å². The molecule has 0 amide bonds. The van der Waals surface area contributed by atoms with Gasteiger partial charge >= 0.3 is 0 Å². The summed E-state index contributed by atoms with van der Waals surface area (Å²) in [5.74, 6) is 5.13. The van der Waals surface area contributed by atoms with Gasteiger partial charge in [-0.2, -0.15) is 5.10 Å². The Bertz CT molecular complexity index is 439. The van der Waals surface area contributed by atoms with Crippen LogP contribution in [-0.4, -0.2) is 9.78 Å². The first kappa shape index (κ1) is 10.9. The molecule has 0 spiro atoms. The third-order valence-electron chi connectivity index (χ3n) is 2.51. The van der Waals surface area contributed by atoms with Gasteiger partial charge in [-0.3, -0.25) is 9.52 Å². The smallest absolute Gasteiger partial charge is 0.104 e. The molecule has 2 N–H and O–H groups in total. The summed E-state index contributed by atoms with van der Waals surface area (Å²) >= 11 is 0. The number of hydrogen-bond donors (Lipinski definition) is 1. The topological polar surface area (TPSA) is 53.1 Å². The van der Waals surface area contributed by atoms with Crippen molar-refractivity contribution < 1.29 is 4.84 Å². The lowest BCUT2D eigenvalue weighted by atomic mass is 10.2. The van der Waals surface area contributed by atoms with Crippen molar-refractivity contribution in [2.45, 2.75) is 19.6 Å². The van der Waals surface area contributed by atoms with Crippen molar-refractivity contribution >= 4 is 0 Å². The SMILES string of the molecule is CC(ON)c1cnn(Cc2ccccc2)c1. The van der Waals surface area contributed by atoms with Gasteiger partial charge in [0.15, 0.2) is 0 Å². The van der Waals surface area contributed by atoms with Crippen LogP contribution >= 0.6 is 0 Å². The molecule has 1 heterocycles. The second kappa shape index (κ2) is 4.92. The van der Waals surface area contributed by atoms with E-state index in [1.807, 2.05) is 36.0 Å². The van der Waals surface area contributed by atoms with Gasteiger partial charge in [0, 0.05) is 11.8 Å². The highest BCUT2D eigenvalue weighted by Gasteiger charge is 2.07. The van der Waals surface area contributed by atoms with Crippen molar-refractivity contribution in [3.8, 4) is 0 Å². The fourth-order valence-corrected chi connectivity index (χ4v) is 1.53. The fraction of sp³-hybridized carbons (Fsp3) is 0.250. The van der Waals surface area contributed by atoms with E-state index in [9.17, 15) is 0 Å². The summed E-state index contributed by atoms with van der Waals surface area (Å²) in [4.78, 5) is 4.75. The second-order valence-corrected chi connectivity index (χ2v) is 3.74. The minimum Gasteiger partial charge on any atom is -0.297 e. The average molecular weight is 217 g/mol. The summed E-state index contributed by atoms with van der Waals surface area (Å²) in [6.45, 7) is 2.65. The summed E-state index contributed by atoms with van der Waals surface area (Å²) in [5.41, 5.74) is 2.21. The molecule has 0 aliphatic rings. The van der Waals surface area contributed by atoms with E-state index >= 15 is 0 Å². The van der Waals surface area contributed by atoms with Crippen LogP contribution in [0.1, 0.15) is 24.2 Å². The molecule has 0 saturated heterocycles. The minimum atomic E-state index is -0.121. The predicted octanol–water partition coefficient (Wildman–Crippen LogP) is 1.88. The maximum Gasteiger partial charge on any atom is 0.104 e. The summed E-state index contributed by atoms with van der Waals surface area (Å²) in [7, 11) is 0. The summed E-state index contributed by atoms with van der Waals surface area (Å²) in [5, 5.41) is 4.26. The molecule has 2 aromatic rings. The minimum absolute atomic E-state index is 0.121. The Balaban J connectivity index is 2.09. The summed E-state index contributed by atoms with van der Waals surface area (Å²) in [6.07, 6.45) is 3.61. The maximum absolute atomic E-state index is 5.13. The highest BCUT2D eigenvalue weighted by atomic mass is 16.6. The van der Waals surface area contributed by atoms with E-state index in [2.05, 4.69) is 17.2 Å². The van der Waals surface area contributed by atoms with E-state index < -0.39 is 0 Å². The van der Waals surface area contributed by atoms with Crippen molar-refractivity contribution in [3.63, 3.8) is 0 Å². The van der Waals surface area contributed by atoms with E-state index in [0.29, 0.717) is 0 Å². The molecule has 0 bridgehead atoms. The van der Waals surface area contributed by atoms with Gasteiger partial charge in [-0.1, -0.05) is 30.3 Å². The molecule has 1 unspecified atom stereocenters. The van der Waals surface area contributed by atoms with Gasteiger partial charge in [-0.05, 0) is 12.5 Å². The number of benzene rings is 1. The molecular weight excluding hydrogens is 202 g/mol. The van der Waals surface area contributed by atoms with Crippen LogP contribution in [-0.2, 0) is 11.4 Å². The highest BCUT2D eigenvalue weighted by Crippen LogP contribution is 2.13. The van der Waals surface area contributed by atoms with E-state index in [4.69, 9.17) is 10.7 Å². The predicted molar refractivity (Wildman–Crippen MR) is 61.5 cm³/mol. The molecule has 2 rings (SSSR count). The second-order valence-electron chi connectivity index (χ2n) is 3.74. The molecule has 0 fully saturated rings. The molecule has 0 saturated carbocycles. The molecule has 0 aliphatic carbocycles. The molecule has 84 valence electrons. The van der Waals surface area contributed by atoms with Crippen molar-refractivity contribution in [3.05, 3.63) is 53.9 Å². The van der Waals surface area contributed by atoms with E-state index in [1.165, 1.54) is 5.56 Å². The van der Waals surface area contributed by atoms with Crippen molar-refractivity contribution in [2.75, 3.05) is 0 Å². The molecule has 0 aliphatic heterocycles. The van der Waals surface area contributed by atoms with Crippen molar-refractivity contribution in [1.29, 1.82) is 0 Å². The van der Waals surface area contributed by atoms with Gasteiger partial charge in [0.2, 0.25) is 0 Å². The quantitative estimate of drug-likeness (QED) is 0.795. The summed E-state index contributed by atoms with van der Waals surface area (Å²) < 4.78 is 1.88. The number of rotatable bonds is 4. The Morgan fingerprint density at radius 2 is 2.12 bits per heavy atom. The number of nitrogens with zero attached hydrogens (tertiary/aromatic N) is 2. The van der Waals surface area contributed by atoms with Gasteiger partial charge in [-0.15, -0.1) is 0 Å². The lowest BCUT2D eigenvalue weighted by molar-refractivity contribution is 0.0663. The van der Waals surface area contributed by atoms with Crippen LogP contribution in [0.15, 0.2) is 42.7 Å². The van der Waals surface area contributed by atoms with Gasteiger partial charge in [0.1, 0.15) is 6.10 Å². The lowest BCUT2D eigenvalue weighted by Crippen LogP contribution is -2.04. The third-order valence-corrected chi connectivity index (χ3v) is 2.51. The van der Waals surface area contributed by atoms with Crippen LogP contribution in [0.2, 0.25) is 0 Å². The monoisotopic (exact) mass is 217 g/mol. The molecular formula is C12H15N3O. The van der Waals surface area contributed by atoms with E-state index in [1.54, 1.807) is 6.20 Å². The van der Waals surface area contributed by atoms with Crippen LogP contribution in [0, 0.1) is 0 Å². The Kier molecular flexibility index (Phi) is 3.34. The standard InChI is InChI=1S/C12H15N3O/c1-10(16-13)12-7-14-15(9-12)8-11-5-3-2-4-6-11/h2-7,9-10H,8,13H2,1H3. The average Bonchev–Trinajstić information content (AvgIpc) is 2.78. The number of aromatic nitrogens is 2. The van der Waals surface area contributed by atoms with E-state index in [-0.39, 0.29) is 6.10 Å². The van der Waals surface area contributed by atoms with Gasteiger partial charge in [0.05, 0.1) is 12.7 Å². The molecule has 1 aromatic carbocycles. The molecule has 1 aromatic heterocycles. The Morgan fingerprint density at radius 3 is 2.81 bits per heavy atom. The number of nitrogens with two attached hydrogens (primary N) is 1. The molecule has 4 heteroatoms. The Hall–Kier alpha value is -1.65. The van der Waals surface area contributed by atoms with Gasteiger partial charge in [0.25, 0.3) is 0 Å². The zero-order valence-electron chi connectivity index (χ0n) is 9.21. The van der Waals surface area contributed by atoms with Crippen LogP contribution in [0.4, 0.5) is 0 Å². The van der Waals surface area contributed by atoms with Crippen LogP contribution in [0.25, 0.3) is 0 Å². The first-order valence-corrected chi connectivity index (χ1v) is 5.21. The number of hydrogen-bond acceptors (Lipinski definition) is 3.